The highest BCUT2D eigenvalue weighted by Gasteiger charge is 2.24. The molecule has 0 fully saturated rings. The standard InChI is InChI=1S/C25H28N4O.HI/c1-2-26-25(27-14-13-18-11-12-19-7-3-4-8-20(19)15-18)28-17-21-16-24(30)29-23-10-6-5-9-22(21)23;/h3-12,15,21H,2,13-14,16-17H2,1H3,(H,29,30)(H2,26,27,28);1H. The number of halogens is 1. The molecule has 1 unspecified atom stereocenters. The van der Waals surface area contributed by atoms with E-state index >= 15 is 0 Å². The fourth-order valence-electron chi connectivity index (χ4n) is 3.93. The quantitative estimate of drug-likeness (QED) is 0.247. The Morgan fingerprint density at radius 2 is 1.81 bits per heavy atom. The Balaban J connectivity index is 0.00000272. The van der Waals surface area contributed by atoms with E-state index in [-0.39, 0.29) is 35.8 Å². The molecule has 4 rings (SSSR count). The van der Waals surface area contributed by atoms with Crippen LogP contribution in [0.3, 0.4) is 0 Å². The Labute approximate surface area is 200 Å². The maximum absolute atomic E-state index is 12.0. The van der Waals surface area contributed by atoms with Crippen molar-refractivity contribution < 1.29 is 4.79 Å². The molecule has 0 saturated carbocycles. The minimum absolute atomic E-state index is 0. The summed E-state index contributed by atoms with van der Waals surface area (Å²) in [5.41, 5.74) is 3.37. The second-order valence-electron chi connectivity index (χ2n) is 7.61. The Morgan fingerprint density at radius 1 is 1.03 bits per heavy atom. The van der Waals surface area contributed by atoms with Crippen molar-refractivity contribution in [2.45, 2.75) is 25.7 Å². The maximum Gasteiger partial charge on any atom is 0.225 e. The topological polar surface area (TPSA) is 65.5 Å². The summed E-state index contributed by atoms with van der Waals surface area (Å²) in [6, 6.07) is 23.0. The van der Waals surface area contributed by atoms with Crippen LogP contribution in [0.2, 0.25) is 0 Å². The van der Waals surface area contributed by atoms with Crippen LogP contribution in [0.4, 0.5) is 5.69 Å². The van der Waals surface area contributed by atoms with Gasteiger partial charge in [-0.2, -0.15) is 0 Å². The number of fused-ring (bicyclic) bond motifs is 2. The second kappa shape index (κ2) is 11.1. The van der Waals surface area contributed by atoms with Crippen molar-refractivity contribution in [2.24, 2.45) is 4.99 Å². The first kappa shape index (κ1) is 23.1. The molecule has 1 heterocycles. The van der Waals surface area contributed by atoms with Crippen LogP contribution < -0.4 is 16.0 Å². The highest BCUT2D eigenvalue weighted by Crippen LogP contribution is 2.31. The largest absolute Gasteiger partial charge is 0.357 e. The molecule has 0 bridgehead atoms. The number of rotatable bonds is 6. The van der Waals surface area contributed by atoms with Gasteiger partial charge in [-0.15, -0.1) is 24.0 Å². The molecule has 1 amide bonds. The molecule has 162 valence electrons. The van der Waals surface area contributed by atoms with Gasteiger partial charge in [0.15, 0.2) is 5.96 Å². The van der Waals surface area contributed by atoms with Crippen molar-refractivity contribution in [3.8, 4) is 0 Å². The smallest absolute Gasteiger partial charge is 0.225 e. The van der Waals surface area contributed by atoms with Crippen molar-refractivity contribution in [1.29, 1.82) is 0 Å². The summed E-state index contributed by atoms with van der Waals surface area (Å²) in [5.74, 6) is 0.954. The van der Waals surface area contributed by atoms with E-state index in [0.717, 1.165) is 36.7 Å². The first-order valence-corrected chi connectivity index (χ1v) is 10.6. The van der Waals surface area contributed by atoms with Gasteiger partial charge in [0.1, 0.15) is 0 Å². The van der Waals surface area contributed by atoms with Gasteiger partial charge in [0, 0.05) is 31.1 Å². The first-order valence-electron chi connectivity index (χ1n) is 10.6. The molecule has 3 N–H and O–H groups in total. The number of carbonyl (C=O) groups is 1. The van der Waals surface area contributed by atoms with Crippen LogP contribution in [0, 0.1) is 0 Å². The van der Waals surface area contributed by atoms with Gasteiger partial charge in [0.2, 0.25) is 5.91 Å². The number of anilines is 1. The van der Waals surface area contributed by atoms with E-state index in [9.17, 15) is 4.79 Å². The molecule has 3 aromatic carbocycles. The molecule has 1 atom stereocenters. The number of hydrogen-bond donors (Lipinski definition) is 3. The van der Waals surface area contributed by atoms with E-state index in [1.807, 2.05) is 18.2 Å². The Kier molecular flexibility index (Phi) is 8.28. The van der Waals surface area contributed by atoms with Crippen molar-refractivity contribution in [1.82, 2.24) is 10.6 Å². The molecular weight excluding hydrogens is 499 g/mol. The lowest BCUT2D eigenvalue weighted by Gasteiger charge is -2.24. The van der Waals surface area contributed by atoms with Gasteiger partial charge in [-0.25, -0.2) is 0 Å². The van der Waals surface area contributed by atoms with E-state index in [1.54, 1.807) is 0 Å². The fraction of sp³-hybridized carbons (Fsp3) is 0.280. The maximum atomic E-state index is 12.0. The van der Waals surface area contributed by atoms with Gasteiger partial charge >= 0.3 is 0 Å². The fourth-order valence-corrected chi connectivity index (χ4v) is 3.93. The van der Waals surface area contributed by atoms with Crippen molar-refractivity contribution in [3.05, 3.63) is 77.9 Å². The van der Waals surface area contributed by atoms with Gasteiger partial charge in [0.25, 0.3) is 0 Å². The van der Waals surface area contributed by atoms with Crippen LogP contribution in [-0.2, 0) is 11.2 Å². The zero-order valence-electron chi connectivity index (χ0n) is 17.7. The summed E-state index contributed by atoms with van der Waals surface area (Å²) in [5, 5.41) is 12.2. The summed E-state index contributed by atoms with van der Waals surface area (Å²) < 4.78 is 0. The van der Waals surface area contributed by atoms with Crippen LogP contribution in [-0.4, -0.2) is 31.5 Å². The van der Waals surface area contributed by atoms with Crippen LogP contribution in [0.25, 0.3) is 10.8 Å². The van der Waals surface area contributed by atoms with Crippen LogP contribution in [0.5, 0.6) is 0 Å². The third-order valence-electron chi connectivity index (χ3n) is 5.44. The zero-order valence-corrected chi connectivity index (χ0v) is 20.1. The van der Waals surface area contributed by atoms with Crippen LogP contribution in [0.1, 0.15) is 30.4 Å². The van der Waals surface area contributed by atoms with Crippen LogP contribution in [0.15, 0.2) is 71.7 Å². The second-order valence-corrected chi connectivity index (χ2v) is 7.61. The molecule has 0 aliphatic carbocycles. The normalized spacial score (nSPS) is 15.6. The summed E-state index contributed by atoms with van der Waals surface area (Å²) in [4.78, 5) is 16.8. The Bertz CT molecular complexity index is 1070. The Morgan fingerprint density at radius 3 is 2.65 bits per heavy atom. The lowest BCUT2D eigenvalue weighted by atomic mass is 9.91. The first-order chi connectivity index (χ1) is 14.7. The van der Waals surface area contributed by atoms with Gasteiger partial charge in [0.05, 0.1) is 6.54 Å². The average molecular weight is 528 g/mol. The molecule has 6 heteroatoms. The lowest BCUT2D eigenvalue weighted by molar-refractivity contribution is -0.116. The van der Waals surface area contributed by atoms with Crippen molar-refractivity contribution in [2.75, 3.05) is 25.0 Å². The molecule has 0 aromatic heterocycles. The van der Waals surface area contributed by atoms with E-state index in [4.69, 9.17) is 4.99 Å². The van der Waals surface area contributed by atoms with E-state index < -0.39 is 0 Å². The lowest BCUT2D eigenvalue weighted by Crippen LogP contribution is -2.38. The Hall–Kier alpha value is -2.61. The number of amides is 1. The monoisotopic (exact) mass is 528 g/mol. The van der Waals surface area contributed by atoms with Crippen molar-refractivity contribution >= 4 is 52.3 Å². The average Bonchev–Trinajstić information content (AvgIpc) is 2.77. The van der Waals surface area contributed by atoms with Gasteiger partial charge in [-0.05, 0) is 41.3 Å². The number of guanidine groups is 1. The number of nitrogens with one attached hydrogen (secondary N) is 3. The number of carbonyl (C=O) groups excluding carboxylic acids is 1. The van der Waals surface area contributed by atoms with Gasteiger partial charge in [-0.3, -0.25) is 9.79 Å². The number of benzene rings is 3. The highest BCUT2D eigenvalue weighted by atomic mass is 127. The summed E-state index contributed by atoms with van der Waals surface area (Å²) >= 11 is 0. The number of hydrogen-bond acceptors (Lipinski definition) is 2. The van der Waals surface area contributed by atoms with Crippen LogP contribution >= 0.6 is 24.0 Å². The SMILES string of the molecule is CCNC(=NCC1CC(=O)Nc2ccccc21)NCCc1ccc2ccccc2c1.I. The van der Waals surface area contributed by atoms with Crippen molar-refractivity contribution in [3.63, 3.8) is 0 Å². The molecule has 0 radical (unpaired) electrons. The van der Waals surface area contributed by atoms with E-state index in [2.05, 4.69) is 71.4 Å². The third kappa shape index (κ3) is 5.97. The highest BCUT2D eigenvalue weighted by molar-refractivity contribution is 14.0. The third-order valence-corrected chi connectivity index (χ3v) is 5.44. The number of para-hydroxylation sites is 1. The summed E-state index contributed by atoms with van der Waals surface area (Å²) in [6.45, 7) is 4.23. The molecule has 5 nitrogen and oxygen atoms in total. The molecule has 0 spiro atoms. The summed E-state index contributed by atoms with van der Waals surface area (Å²) in [6.07, 6.45) is 1.39. The predicted octanol–water partition coefficient (Wildman–Crippen LogP) is 4.68. The molecule has 31 heavy (non-hydrogen) atoms. The minimum Gasteiger partial charge on any atom is -0.357 e. The van der Waals surface area contributed by atoms with Gasteiger partial charge in [-0.1, -0.05) is 60.7 Å². The predicted molar refractivity (Wildman–Crippen MR) is 139 cm³/mol. The summed E-state index contributed by atoms with van der Waals surface area (Å²) in [7, 11) is 0. The van der Waals surface area contributed by atoms with E-state index in [1.165, 1.54) is 16.3 Å². The van der Waals surface area contributed by atoms with E-state index in [0.29, 0.717) is 13.0 Å². The molecule has 3 aromatic rings. The molecule has 0 saturated heterocycles. The number of aliphatic imine (C=N–C) groups is 1. The van der Waals surface area contributed by atoms with Gasteiger partial charge < -0.3 is 16.0 Å². The number of nitrogens with zero attached hydrogens (tertiary/aromatic N) is 1. The minimum atomic E-state index is 0. The molecular formula is C25H29IN4O. The zero-order chi connectivity index (χ0) is 20.8. The molecule has 1 aliphatic rings. The molecule has 1 aliphatic heterocycles.